The number of halogens is 2. The number of aromatic nitrogens is 2. The zero-order chi connectivity index (χ0) is 19.5. The molecule has 1 aliphatic rings. The number of ether oxygens (including phenoxy) is 1. The molecule has 0 aliphatic carbocycles. The van der Waals surface area contributed by atoms with Gasteiger partial charge in [-0.2, -0.15) is 4.98 Å². The van der Waals surface area contributed by atoms with Crippen LogP contribution in [0.4, 0.5) is 0 Å². The van der Waals surface area contributed by atoms with Crippen molar-refractivity contribution < 1.29 is 14.1 Å². The minimum absolute atomic E-state index is 0. The maximum atomic E-state index is 13.1. The van der Waals surface area contributed by atoms with Crippen molar-refractivity contribution in [2.75, 3.05) is 26.7 Å². The Bertz CT molecular complexity index is 995. The second kappa shape index (κ2) is 9.26. The molecule has 0 spiro atoms. The van der Waals surface area contributed by atoms with Crippen molar-refractivity contribution in [3.05, 3.63) is 64.9 Å². The van der Waals surface area contributed by atoms with E-state index >= 15 is 0 Å². The molecule has 1 aromatic heterocycles. The first-order valence-electron chi connectivity index (χ1n) is 8.91. The molecule has 9 heteroatoms. The molecule has 1 atom stereocenters. The summed E-state index contributed by atoms with van der Waals surface area (Å²) in [6, 6.07) is 14.6. The maximum absolute atomic E-state index is 13.1. The van der Waals surface area contributed by atoms with E-state index in [1.54, 1.807) is 18.1 Å². The fourth-order valence-electron chi connectivity index (χ4n) is 3.27. The molecule has 1 amide bonds. The highest BCUT2D eigenvalue weighted by atomic mass is 35.5. The third kappa shape index (κ3) is 4.53. The molecule has 29 heavy (non-hydrogen) atoms. The minimum atomic E-state index is -0.274. The first-order chi connectivity index (χ1) is 13.7. The predicted molar refractivity (Wildman–Crippen MR) is 112 cm³/mol. The normalized spacial score (nSPS) is 16.2. The Hall–Kier alpha value is -2.61. The van der Waals surface area contributed by atoms with Crippen molar-refractivity contribution in [2.45, 2.75) is 6.04 Å². The highest BCUT2D eigenvalue weighted by Gasteiger charge is 2.31. The van der Waals surface area contributed by atoms with Gasteiger partial charge in [0.2, 0.25) is 0 Å². The summed E-state index contributed by atoms with van der Waals surface area (Å²) >= 11 is 6.13. The minimum Gasteiger partial charge on any atom is -0.497 e. The number of piperazine rings is 1. The molecule has 1 aliphatic heterocycles. The Morgan fingerprint density at radius 3 is 2.90 bits per heavy atom. The number of hydrogen-bond acceptors (Lipinski definition) is 6. The van der Waals surface area contributed by atoms with Gasteiger partial charge in [-0.1, -0.05) is 35.0 Å². The van der Waals surface area contributed by atoms with Gasteiger partial charge < -0.3 is 19.5 Å². The Labute approximate surface area is 179 Å². The molecule has 3 aromatic rings. The van der Waals surface area contributed by atoms with E-state index < -0.39 is 0 Å². The lowest BCUT2D eigenvalue weighted by molar-refractivity contribution is 0.0618. The van der Waals surface area contributed by atoms with Crippen molar-refractivity contribution in [3.8, 4) is 17.2 Å². The van der Waals surface area contributed by atoms with Crippen LogP contribution in [0.3, 0.4) is 0 Å². The summed E-state index contributed by atoms with van der Waals surface area (Å²) in [5.74, 6) is 0.708. The Balaban J connectivity index is 0.00000240. The van der Waals surface area contributed by atoms with Crippen molar-refractivity contribution >= 4 is 29.9 Å². The number of benzene rings is 2. The lowest BCUT2D eigenvalue weighted by Gasteiger charge is -2.35. The van der Waals surface area contributed by atoms with Crippen LogP contribution in [-0.4, -0.2) is 47.7 Å². The molecule has 0 bridgehead atoms. The monoisotopic (exact) mass is 434 g/mol. The highest BCUT2D eigenvalue weighted by molar-refractivity contribution is 6.30. The average molecular weight is 435 g/mol. The Morgan fingerprint density at radius 1 is 1.28 bits per heavy atom. The third-order valence-electron chi connectivity index (χ3n) is 4.67. The maximum Gasteiger partial charge on any atom is 0.295 e. The fraction of sp³-hybridized carbons (Fsp3) is 0.250. The van der Waals surface area contributed by atoms with Gasteiger partial charge in [-0.05, 0) is 35.9 Å². The van der Waals surface area contributed by atoms with E-state index in [1.807, 2.05) is 42.5 Å². The molecule has 1 N–H and O–H groups in total. The molecule has 1 saturated heterocycles. The quantitative estimate of drug-likeness (QED) is 0.675. The molecule has 0 saturated carbocycles. The zero-order valence-corrected chi connectivity index (χ0v) is 17.2. The fourth-order valence-corrected chi connectivity index (χ4v) is 3.47. The summed E-state index contributed by atoms with van der Waals surface area (Å²) in [5.41, 5.74) is 1.65. The van der Waals surface area contributed by atoms with E-state index in [4.69, 9.17) is 20.9 Å². The molecule has 1 unspecified atom stereocenters. The van der Waals surface area contributed by atoms with Crippen molar-refractivity contribution in [3.63, 3.8) is 0 Å². The van der Waals surface area contributed by atoms with Gasteiger partial charge in [0.15, 0.2) is 0 Å². The summed E-state index contributed by atoms with van der Waals surface area (Å²) in [5, 5.41) is 7.86. The van der Waals surface area contributed by atoms with Gasteiger partial charge in [-0.15, -0.1) is 12.4 Å². The van der Waals surface area contributed by atoms with E-state index in [0.717, 1.165) is 5.56 Å². The first kappa shape index (κ1) is 21.1. The summed E-state index contributed by atoms with van der Waals surface area (Å²) in [4.78, 5) is 19.1. The van der Waals surface area contributed by atoms with Gasteiger partial charge in [-0.3, -0.25) is 4.79 Å². The van der Waals surface area contributed by atoms with E-state index in [0.29, 0.717) is 36.0 Å². The topological polar surface area (TPSA) is 80.5 Å². The number of amides is 1. The number of methoxy groups -OCH3 is 1. The van der Waals surface area contributed by atoms with E-state index in [2.05, 4.69) is 15.5 Å². The zero-order valence-electron chi connectivity index (χ0n) is 15.7. The smallest absolute Gasteiger partial charge is 0.295 e. The molecule has 1 fully saturated rings. The summed E-state index contributed by atoms with van der Waals surface area (Å²) in [7, 11) is 1.59. The lowest BCUT2D eigenvalue weighted by atomic mass is 10.0. The number of nitrogens with zero attached hydrogens (tertiary/aromatic N) is 3. The van der Waals surface area contributed by atoms with Crippen LogP contribution in [0, 0.1) is 0 Å². The standard InChI is InChI=1S/C20H19ClN4O3.ClH/c1-27-16-7-3-5-14(11-16)19-23-18(24-28-19)20(26)25-9-8-22-12-17(25)13-4-2-6-15(21)10-13;/h2-7,10-11,17,22H,8-9,12H2,1H3;1H. The summed E-state index contributed by atoms with van der Waals surface area (Å²) in [6.45, 7) is 1.87. The average Bonchev–Trinajstić information content (AvgIpc) is 3.23. The van der Waals surface area contributed by atoms with Crippen molar-refractivity contribution in [1.82, 2.24) is 20.4 Å². The number of rotatable bonds is 4. The van der Waals surface area contributed by atoms with Crippen LogP contribution < -0.4 is 10.1 Å². The Morgan fingerprint density at radius 2 is 2.10 bits per heavy atom. The largest absolute Gasteiger partial charge is 0.497 e. The van der Waals surface area contributed by atoms with Gasteiger partial charge in [0.05, 0.1) is 13.2 Å². The van der Waals surface area contributed by atoms with Gasteiger partial charge in [0, 0.05) is 30.2 Å². The predicted octanol–water partition coefficient (Wildman–Crippen LogP) is 3.61. The van der Waals surface area contributed by atoms with E-state index in [1.165, 1.54) is 0 Å². The SMILES string of the molecule is COc1cccc(-c2nc(C(=O)N3CCNCC3c3cccc(Cl)c3)no2)c1.Cl. The molecule has 0 radical (unpaired) electrons. The van der Waals surface area contributed by atoms with Crippen LogP contribution in [0.15, 0.2) is 53.1 Å². The molecule has 7 nitrogen and oxygen atoms in total. The Kier molecular flexibility index (Phi) is 6.74. The lowest BCUT2D eigenvalue weighted by Crippen LogP contribution is -2.49. The molecule has 2 aromatic carbocycles. The van der Waals surface area contributed by atoms with Gasteiger partial charge in [-0.25, -0.2) is 0 Å². The second-order valence-electron chi connectivity index (χ2n) is 6.43. The van der Waals surface area contributed by atoms with Crippen molar-refractivity contribution in [2.24, 2.45) is 0 Å². The molecular formula is C20H20Cl2N4O3. The molecule has 2 heterocycles. The molecule has 4 rings (SSSR count). The third-order valence-corrected chi connectivity index (χ3v) is 4.91. The van der Waals surface area contributed by atoms with Crippen molar-refractivity contribution in [1.29, 1.82) is 0 Å². The van der Waals surface area contributed by atoms with E-state index in [9.17, 15) is 4.79 Å². The number of hydrogen-bond donors (Lipinski definition) is 1. The van der Waals surface area contributed by atoms with Crippen LogP contribution >= 0.6 is 24.0 Å². The summed E-state index contributed by atoms with van der Waals surface area (Å²) < 4.78 is 10.5. The van der Waals surface area contributed by atoms with E-state index in [-0.39, 0.29) is 36.1 Å². The van der Waals surface area contributed by atoms with Gasteiger partial charge in [0.25, 0.3) is 17.6 Å². The van der Waals surface area contributed by atoms with Crippen LogP contribution in [0.2, 0.25) is 5.02 Å². The number of carbonyl (C=O) groups is 1. The van der Waals surface area contributed by atoms with Gasteiger partial charge >= 0.3 is 0 Å². The van der Waals surface area contributed by atoms with Gasteiger partial charge in [0.1, 0.15) is 5.75 Å². The number of carbonyl (C=O) groups excluding carboxylic acids is 1. The van der Waals surface area contributed by atoms with Crippen LogP contribution in [0.5, 0.6) is 5.75 Å². The second-order valence-corrected chi connectivity index (χ2v) is 6.87. The first-order valence-corrected chi connectivity index (χ1v) is 9.29. The van der Waals surface area contributed by atoms with Crippen LogP contribution in [-0.2, 0) is 0 Å². The van der Waals surface area contributed by atoms with Crippen LogP contribution in [0.1, 0.15) is 22.2 Å². The molecular weight excluding hydrogens is 415 g/mol. The molecule has 152 valence electrons. The summed E-state index contributed by atoms with van der Waals surface area (Å²) in [6.07, 6.45) is 0. The van der Waals surface area contributed by atoms with Crippen LogP contribution in [0.25, 0.3) is 11.5 Å². The highest BCUT2D eigenvalue weighted by Crippen LogP contribution is 2.27. The number of nitrogens with one attached hydrogen (secondary N) is 1.